The van der Waals surface area contributed by atoms with Crippen molar-refractivity contribution in [2.45, 2.75) is 18.9 Å². The van der Waals surface area contributed by atoms with Gasteiger partial charge in [-0.05, 0) is 18.8 Å². The summed E-state index contributed by atoms with van der Waals surface area (Å²) in [6.07, 6.45) is 1.06. The second-order valence-corrected chi connectivity index (χ2v) is 3.31. The van der Waals surface area contributed by atoms with Crippen molar-refractivity contribution in [1.29, 1.82) is 0 Å². The maximum atomic E-state index is 10.9. The Morgan fingerprint density at radius 1 is 1.69 bits per heavy atom. The Morgan fingerprint density at radius 2 is 2.31 bits per heavy atom. The molecule has 0 aromatic rings. The molecule has 74 valence electrons. The maximum absolute atomic E-state index is 10.9. The molecule has 1 rings (SSSR count). The van der Waals surface area contributed by atoms with Crippen LogP contribution < -0.4 is 5.73 Å². The number of hydrogen-bond donors (Lipinski definition) is 2. The zero-order valence-corrected chi connectivity index (χ0v) is 7.40. The van der Waals surface area contributed by atoms with Gasteiger partial charge in [-0.2, -0.15) is 0 Å². The van der Waals surface area contributed by atoms with Crippen LogP contribution in [0.15, 0.2) is 0 Å². The number of carbonyl (C=O) groups is 2. The highest BCUT2D eigenvalue weighted by atomic mass is 16.5. The molecule has 1 aliphatic rings. The Morgan fingerprint density at radius 3 is 2.77 bits per heavy atom. The first-order valence-electron chi connectivity index (χ1n) is 4.12. The second kappa shape index (κ2) is 3.74. The molecule has 0 heterocycles. The van der Waals surface area contributed by atoms with Gasteiger partial charge < -0.3 is 15.6 Å². The quantitative estimate of drug-likeness (QED) is 0.584. The lowest BCUT2D eigenvalue weighted by Gasteiger charge is -2.04. The van der Waals surface area contributed by atoms with E-state index in [1.165, 1.54) is 7.11 Å². The van der Waals surface area contributed by atoms with Gasteiger partial charge in [-0.3, -0.25) is 9.59 Å². The molecule has 0 bridgehead atoms. The number of esters is 1. The zero-order chi connectivity index (χ0) is 10.0. The summed E-state index contributed by atoms with van der Waals surface area (Å²) in [4.78, 5) is 21.3. The van der Waals surface area contributed by atoms with Crippen LogP contribution in [-0.4, -0.2) is 30.2 Å². The second-order valence-electron chi connectivity index (χ2n) is 3.31. The van der Waals surface area contributed by atoms with Gasteiger partial charge in [-0.25, -0.2) is 0 Å². The van der Waals surface area contributed by atoms with Crippen molar-refractivity contribution in [2.75, 3.05) is 7.11 Å². The Hall–Kier alpha value is -1.10. The lowest BCUT2D eigenvalue weighted by atomic mass is 10.1. The lowest BCUT2D eigenvalue weighted by molar-refractivity contribution is -0.143. The smallest absolute Gasteiger partial charge is 0.320 e. The molecule has 3 N–H and O–H groups in total. The Balaban J connectivity index is 2.28. The lowest BCUT2D eigenvalue weighted by Crippen LogP contribution is -2.30. The topological polar surface area (TPSA) is 89.6 Å². The number of methoxy groups -OCH3 is 1. The van der Waals surface area contributed by atoms with Crippen molar-refractivity contribution in [3.8, 4) is 0 Å². The van der Waals surface area contributed by atoms with Crippen LogP contribution in [0.1, 0.15) is 12.8 Å². The molecule has 0 spiro atoms. The van der Waals surface area contributed by atoms with Gasteiger partial charge in [0.05, 0.1) is 13.0 Å². The molecule has 13 heavy (non-hydrogen) atoms. The van der Waals surface area contributed by atoms with E-state index in [0.717, 1.165) is 0 Å². The minimum atomic E-state index is -1.02. The standard InChI is InChI=1S/C8H13NO4/c1-13-8(12)5-2-4(5)3-6(9)7(10)11/h4-6H,2-3,9H2,1H3,(H,10,11)/t4-,5+,6?/m0/s1. The van der Waals surface area contributed by atoms with Crippen molar-refractivity contribution < 1.29 is 19.4 Å². The first-order chi connectivity index (χ1) is 6.06. The van der Waals surface area contributed by atoms with Crippen molar-refractivity contribution in [2.24, 2.45) is 17.6 Å². The van der Waals surface area contributed by atoms with Crippen LogP contribution in [0.4, 0.5) is 0 Å². The average molecular weight is 187 g/mol. The summed E-state index contributed by atoms with van der Waals surface area (Å²) in [6, 6.07) is -0.861. The van der Waals surface area contributed by atoms with Gasteiger partial charge in [0.15, 0.2) is 0 Å². The zero-order valence-electron chi connectivity index (χ0n) is 7.40. The van der Waals surface area contributed by atoms with Crippen LogP contribution >= 0.6 is 0 Å². The average Bonchev–Trinajstić information content (AvgIpc) is 2.82. The summed E-state index contributed by atoms with van der Waals surface area (Å²) in [5.41, 5.74) is 5.31. The maximum Gasteiger partial charge on any atom is 0.320 e. The highest BCUT2D eigenvalue weighted by molar-refractivity contribution is 5.76. The Labute approximate surface area is 75.9 Å². The largest absolute Gasteiger partial charge is 0.480 e. The van der Waals surface area contributed by atoms with E-state index in [4.69, 9.17) is 10.8 Å². The fourth-order valence-corrected chi connectivity index (χ4v) is 1.38. The van der Waals surface area contributed by atoms with Gasteiger partial charge in [-0.15, -0.1) is 0 Å². The van der Waals surface area contributed by atoms with Crippen molar-refractivity contribution in [1.82, 2.24) is 0 Å². The van der Waals surface area contributed by atoms with Crippen molar-refractivity contribution >= 4 is 11.9 Å². The fourth-order valence-electron chi connectivity index (χ4n) is 1.38. The predicted octanol–water partition coefficient (Wildman–Crippen LogP) is -0.402. The van der Waals surface area contributed by atoms with Crippen molar-refractivity contribution in [3.63, 3.8) is 0 Å². The van der Waals surface area contributed by atoms with Gasteiger partial charge in [0.1, 0.15) is 6.04 Å². The predicted molar refractivity (Wildman–Crippen MR) is 43.8 cm³/mol. The van der Waals surface area contributed by atoms with E-state index in [2.05, 4.69) is 4.74 Å². The van der Waals surface area contributed by atoms with E-state index < -0.39 is 12.0 Å². The molecule has 1 saturated carbocycles. The molecule has 0 aromatic carbocycles. The number of ether oxygens (including phenoxy) is 1. The summed E-state index contributed by atoms with van der Waals surface area (Å²) in [5, 5.41) is 8.50. The van der Waals surface area contributed by atoms with Gasteiger partial charge in [0.2, 0.25) is 0 Å². The first-order valence-corrected chi connectivity index (χ1v) is 4.12. The van der Waals surface area contributed by atoms with Gasteiger partial charge in [0.25, 0.3) is 0 Å². The fraction of sp³-hybridized carbons (Fsp3) is 0.750. The van der Waals surface area contributed by atoms with E-state index in [0.29, 0.717) is 12.8 Å². The molecule has 3 atom stereocenters. The molecule has 0 aromatic heterocycles. The molecule has 0 radical (unpaired) electrons. The summed E-state index contributed by atoms with van der Waals surface area (Å²) in [6.45, 7) is 0. The Bertz CT molecular complexity index is 228. The number of hydrogen-bond acceptors (Lipinski definition) is 4. The third-order valence-corrected chi connectivity index (χ3v) is 2.30. The Kier molecular flexibility index (Phi) is 2.87. The van der Waals surface area contributed by atoms with Crippen LogP contribution in [0.5, 0.6) is 0 Å². The normalized spacial score (nSPS) is 27.8. The number of rotatable bonds is 4. The summed E-state index contributed by atoms with van der Waals surface area (Å²) >= 11 is 0. The molecule has 5 heteroatoms. The molecule has 0 saturated heterocycles. The van der Waals surface area contributed by atoms with E-state index in [9.17, 15) is 9.59 Å². The molecule has 1 aliphatic carbocycles. The number of carboxylic acid groups (broad SMARTS) is 1. The van der Waals surface area contributed by atoms with Gasteiger partial charge in [-0.1, -0.05) is 0 Å². The van der Waals surface area contributed by atoms with Crippen LogP contribution in [-0.2, 0) is 14.3 Å². The van der Waals surface area contributed by atoms with Crippen LogP contribution in [0, 0.1) is 11.8 Å². The SMILES string of the molecule is COC(=O)[C@@H]1C[C@H]1CC(N)C(=O)O. The van der Waals surface area contributed by atoms with Crippen molar-refractivity contribution in [3.05, 3.63) is 0 Å². The minimum absolute atomic E-state index is 0.0959. The number of nitrogens with two attached hydrogens (primary N) is 1. The monoisotopic (exact) mass is 187 g/mol. The molecular weight excluding hydrogens is 174 g/mol. The molecule has 0 amide bonds. The third kappa shape index (κ3) is 2.42. The number of carbonyl (C=O) groups excluding carboxylic acids is 1. The third-order valence-electron chi connectivity index (χ3n) is 2.30. The van der Waals surface area contributed by atoms with Crippen LogP contribution in [0.3, 0.4) is 0 Å². The van der Waals surface area contributed by atoms with E-state index in [1.54, 1.807) is 0 Å². The molecule has 0 aliphatic heterocycles. The molecular formula is C8H13NO4. The highest BCUT2D eigenvalue weighted by Crippen LogP contribution is 2.42. The van der Waals surface area contributed by atoms with Gasteiger partial charge >= 0.3 is 11.9 Å². The summed E-state index contributed by atoms with van der Waals surface area (Å²) in [7, 11) is 1.33. The van der Waals surface area contributed by atoms with Gasteiger partial charge in [0, 0.05) is 0 Å². The van der Waals surface area contributed by atoms with E-state index >= 15 is 0 Å². The number of carboxylic acids is 1. The number of aliphatic carboxylic acids is 1. The first kappa shape index (κ1) is 9.98. The van der Waals surface area contributed by atoms with E-state index in [1.807, 2.05) is 0 Å². The molecule has 1 fully saturated rings. The summed E-state index contributed by atoms with van der Waals surface area (Å²) < 4.78 is 4.52. The highest BCUT2D eigenvalue weighted by Gasteiger charge is 2.45. The van der Waals surface area contributed by atoms with E-state index in [-0.39, 0.29) is 17.8 Å². The minimum Gasteiger partial charge on any atom is -0.480 e. The summed E-state index contributed by atoms with van der Waals surface area (Å²) in [5.74, 6) is -1.31. The van der Waals surface area contributed by atoms with Crippen LogP contribution in [0.2, 0.25) is 0 Å². The van der Waals surface area contributed by atoms with Crippen LogP contribution in [0.25, 0.3) is 0 Å². The molecule has 5 nitrogen and oxygen atoms in total. The molecule has 1 unspecified atom stereocenters.